The number of aromatic amines is 1. The fourth-order valence-electron chi connectivity index (χ4n) is 1.08. The summed E-state index contributed by atoms with van der Waals surface area (Å²) < 4.78 is 0.458. The molecule has 0 aliphatic carbocycles. The van der Waals surface area contributed by atoms with E-state index in [0.717, 1.165) is 11.3 Å². The minimum Gasteiger partial charge on any atom is -0.477 e. The lowest BCUT2D eigenvalue weighted by molar-refractivity contribution is 0.0702. The third-order valence-corrected chi connectivity index (χ3v) is 2.79. The molecule has 2 aromatic heterocycles. The number of aromatic carboxylic acids is 1. The maximum atomic E-state index is 11.2. The Labute approximate surface area is 76.5 Å². The van der Waals surface area contributed by atoms with E-state index in [1.807, 2.05) is 0 Å². The van der Waals surface area contributed by atoms with E-state index in [2.05, 4.69) is 4.98 Å². The summed E-state index contributed by atoms with van der Waals surface area (Å²) >= 11 is 0.989. The summed E-state index contributed by atoms with van der Waals surface area (Å²) in [6, 6.07) is 3.18. The zero-order chi connectivity index (χ0) is 9.42. The molecule has 0 saturated carbocycles. The number of rotatable bonds is 1. The second-order valence-electron chi connectivity index (χ2n) is 2.51. The maximum Gasteiger partial charge on any atom is 0.345 e. The summed E-state index contributed by atoms with van der Waals surface area (Å²) in [5, 5.41) is 9.35. The number of aromatic nitrogens is 1. The summed E-state index contributed by atoms with van der Waals surface area (Å²) in [5.74, 6) is -0.999. The molecule has 13 heavy (non-hydrogen) atoms. The van der Waals surface area contributed by atoms with Gasteiger partial charge >= 0.3 is 5.97 Å². The molecule has 0 aliphatic heterocycles. The first-order chi connectivity index (χ1) is 6.18. The van der Waals surface area contributed by atoms with Crippen LogP contribution in [0, 0.1) is 0 Å². The Kier molecular flexibility index (Phi) is 1.66. The summed E-state index contributed by atoms with van der Waals surface area (Å²) in [6.45, 7) is 0. The largest absolute Gasteiger partial charge is 0.477 e. The van der Waals surface area contributed by atoms with E-state index in [9.17, 15) is 9.59 Å². The highest BCUT2D eigenvalue weighted by atomic mass is 32.1. The van der Waals surface area contributed by atoms with Crippen molar-refractivity contribution in [1.82, 2.24) is 4.98 Å². The van der Waals surface area contributed by atoms with Crippen molar-refractivity contribution in [2.75, 3.05) is 0 Å². The molecular weight excluding hydrogens is 190 g/mol. The Bertz CT molecular complexity index is 525. The van der Waals surface area contributed by atoms with Gasteiger partial charge in [-0.1, -0.05) is 0 Å². The number of carboxylic acids is 1. The number of nitrogens with one attached hydrogen (secondary N) is 1. The third kappa shape index (κ3) is 1.23. The van der Waals surface area contributed by atoms with Gasteiger partial charge in [-0.3, -0.25) is 4.79 Å². The summed E-state index contributed by atoms with van der Waals surface area (Å²) in [4.78, 5) is 24.4. The fourth-order valence-corrected chi connectivity index (χ4v) is 1.97. The third-order valence-electron chi connectivity index (χ3n) is 1.66. The Morgan fingerprint density at radius 3 is 2.92 bits per heavy atom. The minimum absolute atomic E-state index is 0.187. The molecule has 0 saturated heterocycles. The second-order valence-corrected chi connectivity index (χ2v) is 3.56. The lowest BCUT2D eigenvalue weighted by atomic mass is 10.3. The number of hydrogen-bond donors (Lipinski definition) is 2. The monoisotopic (exact) mass is 195 g/mol. The smallest absolute Gasteiger partial charge is 0.345 e. The number of thiophene rings is 1. The van der Waals surface area contributed by atoms with Gasteiger partial charge in [0.2, 0.25) is 0 Å². The molecule has 0 spiro atoms. The first kappa shape index (κ1) is 8.00. The second kappa shape index (κ2) is 2.70. The van der Waals surface area contributed by atoms with Gasteiger partial charge in [-0.25, -0.2) is 4.79 Å². The molecule has 0 atom stereocenters. The van der Waals surface area contributed by atoms with Crippen molar-refractivity contribution < 1.29 is 9.90 Å². The van der Waals surface area contributed by atoms with Crippen molar-refractivity contribution in [3.63, 3.8) is 0 Å². The van der Waals surface area contributed by atoms with Crippen molar-refractivity contribution >= 4 is 27.4 Å². The molecule has 2 heterocycles. The van der Waals surface area contributed by atoms with E-state index in [4.69, 9.17) is 5.11 Å². The number of carbonyl (C=O) groups is 1. The van der Waals surface area contributed by atoms with Gasteiger partial charge in [-0.15, -0.1) is 11.3 Å². The number of H-pyrrole nitrogens is 1. The lowest BCUT2D eigenvalue weighted by Crippen LogP contribution is -2.01. The molecule has 5 heteroatoms. The van der Waals surface area contributed by atoms with Crippen LogP contribution >= 0.6 is 11.3 Å². The molecule has 2 rings (SSSR count). The van der Waals surface area contributed by atoms with Gasteiger partial charge in [0, 0.05) is 11.6 Å². The van der Waals surface area contributed by atoms with E-state index < -0.39 is 5.97 Å². The van der Waals surface area contributed by atoms with Crippen molar-refractivity contribution in [2.24, 2.45) is 0 Å². The molecule has 0 amide bonds. The Hall–Kier alpha value is -1.62. The molecule has 0 aliphatic rings. The van der Waals surface area contributed by atoms with E-state index >= 15 is 0 Å². The topological polar surface area (TPSA) is 70.2 Å². The predicted octanol–water partition coefficient (Wildman–Crippen LogP) is 1.29. The van der Waals surface area contributed by atoms with E-state index in [-0.39, 0.29) is 10.4 Å². The standard InChI is InChI=1S/C8H5NO3S/c10-7-6-4(1-2-9-7)3-5(13-6)8(11)12/h1-3H,(H,9,10)(H,11,12). The highest BCUT2D eigenvalue weighted by Gasteiger charge is 2.09. The van der Waals surface area contributed by atoms with Crippen LogP contribution in [-0.4, -0.2) is 16.1 Å². The number of fused-ring (bicyclic) bond motifs is 1. The molecular formula is C8H5NO3S. The molecule has 2 N–H and O–H groups in total. The first-order valence-electron chi connectivity index (χ1n) is 3.53. The van der Waals surface area contributed by atoms with Crippen LogP contribution in [0.1, 0.15) is 9.67 Å². The van der Waals surface area contributed by atoms with Crippen LogP contribution in [0.3, 0.4) is 0 Å². The van der Waals surface area contributed by atoms with Gasteiger partial charge < -0.3 is 10.1 Å². The molecule has 2 aromatic rings. The van der Waals surface area contributed by atoms with Crippen LogP contribution in [0.15, 0.2) is 23.1 Å². The summed E-state index contributed by atoms with van der Waals surface area (Å²) in [5.41, 5.74) is -0.241. The molecule has 0 radical (unpaired) electrons. The van der Waals surface area contributed by atoms with Crippen molar-refractivity contribution in [3.05, 3.63) is 33.6 Å². The zero-order valence-corrected chi connectivity index (χ0v) is 7.22. The molecule has 0 bridgehead atoms. The summed E-state index contributed by atoms with van der Waals surface area (Å²) in [6.07, 6.45) is 1.50. The average molecular weight is 195 g/mol. The highest BCUT2D eigenvalue weighted by Crippen LogP contribution is 2.21. The molecule has 66 valence electrons. The van der Waals surface area contributed by atoms with Gasteiger partial charge in [-0.2, -0.15) is 0 Å². The van der Waals surface area contributed by atoms with E-state index in [1.54, 1.807) is 6.07 Å². The van der Waals surface area contributed by atoms with Crippen LogP contribution in [0.25, 0.3) is 10.1 Å². The molecule has 0 aromatic carbocycles. The first-order valence-corrected chi connectivity index (χ1v) is 4.34. The minimum atomic E-state index is -0.999. The molecule has 4 nitrogen and oxygen atoms in total. The van der Waals surface area contributed by atoms with Crippen molar-refractivity contribution in [2.45, 2.75) is 0 Å². The fraction of sp³-hybridized carbons (Fsp3) is 0. The van der Waals surface area contributed by atoms with Crippen molar-refractivity contribution in [3.8, 4) is 0 Å². The Morgan fingerprint density at radius 2 is 2.31 bits per heavy atom. The Balaban J connectivity index is 2.83. The van der Waals surface area contributed by atoms with Crippen LogP contribution < -0.4 is 5.56 Å². The quantitative estimate of drug-likeness (QED) is 0.720. The average Bonchev–Trinajstić information content (AvgIpc) is 2.49. The highest BCUT2D eigenvalue weighted by molar-refractivity contribution is 7.20. The Morgan fingerprint density at radius 1 is 1.54 bits per heavy atom. The number of carboxylic acid groups (broad SMARTS) is 1. The van der Waals surface area contributed by atoms with Crippen LogP contribution in [0.2, 0.25) is 0 Å². The normalized spacial score (nSPS) is 10.5. The van der Waals surface area contributed by atoms with Gasteiger partial charge in [0.15, 0.2) is 0 Å². The van der Waals surface area contributed by atoms with E-state index in [0.29, 0.717) is 10.1 Å². The SMILES string of the molecule is O=C(O)c1cc2cc[nH]c(=O)c2s1. The summed E-state index contributed by atoms with van der Waals surface area (Å²) in [7, 11) is 0. The van der Waals surface area contributed by atoms with E-state index in [1.165, 1.54) is 12.3 Å². The lowest BCUT2D eigenvalue weighted by Gasteiger charge is -1.83. The zero-order valence-electron chi connectivity index (χ0n) is 6.40. The van der Waals surface area contributed by atoms with Crippen LogP contribution in [0.4, 0.5) is 0 Å². The predicted molar refractivity (Wildman–Crippen MR) is 49.4 cm³/mol. The molecule has 0 unspecified atom stereocenters. The number of pyridine rings is 1. The van der Waals surface area contributed by atoms with Crippen LogP contribution in [-0.2, 0) is 0 Å². The maximum absolute atomic E-state index is 11.2. The van der Waals surface area contributed by atoms with Gasteiger partial charge in [0.05, 0.1) is 0 Å². The molecule has 0 fully saturated rings. The van der Waals surface area contributed by atoms with Gasteiger partial charge in [0.25, 0.3) is 5.56 Å². The van der Waals surface area contributed by atoms with Gasteiger partial charge in [0.1, 0.15) is 9.58 Å². The van der Waals surface area contributed by atoms with Crippen molar-refractivity contribution in [1.29, 1.82) is 0 Å². The van der Waals surface area contributed by atoms with Gasteiger partial charge in [-0.05, 0) is 12.1 Å². The number of hydrogen-bond acceptors (Lipinski definition) is 3. The van der Waals surface area contributed by atoms with Crippen LogP contribution in [0.5, 0.6) is 0 Å².